The molecule has 0 spiro atoms. The van der Waals surface area contributed by atoms with Gasteiger partial charge in [0.1, 0.15) is 22.5 Å². The Kier molecular flexibility index (Phi) is 7.29. The number of pyridine rings is 1. The number of fused-ring (bicyclic) bond motifs is 1. The van der Waals surface area contributed by atoms with Crippen molar-refractivity contribution in [2.24, 2.45) is 0 Å². The van der Waals surface area contributed by atoms with Gasteiger partial charge < -0.3 is 20.5 Å². The predicted molar refractivity (Wildman–Crippen MR) is 136 cm³/mol. The fraction of sp³-hybridized carbons (Fsp3) is 0.600. The summed E-state index contributed by atoms with van der Waals surface area (Å²) in [4.78, 5) is 16.2. The third kappa shape index (κ3) is 5.18. The zero-order valence-corrected chi connectivity index (χ0v) is 20.7. The number of rotatable bonds is 9. The molecule has 0 amide bonds. The molecule has 2 aliphatic heterocycles. The second-order valence-corrected chi connectivity index (χ2v) is 9.49. The van der Waals surface area contributed by atoms with E-state index in [0.29, 0.717) is 29.8 Å². The van der Waals surface area contributed by atoms with E-state index in [2.05, 4.69) is 38.3 Å². The highest BCUT2D eigenvalue weighted by Gasteiger charge is 2.28. The maximum absolute atomic E-state index is 5.93. The van der Waals surface area contributed by atoms with Crippen LogP contribution in [0.2, 0.25) is 0 Å². The van der Waals surface area contributed by atoms with Gasteiger partial charge in [0.2, 0.25) is 5.95 Å². The third-order valence-corrected chi connectivity index (χ3v) is 7.22. The molecular formula is C25H36N8O2. The van der Waals surface area contributed by atoms with Gasteiger partial charge in [-0.3, -0.25) is 14.6 Å². The van der Waals surface area contributed by atoms with Crippen molar-refractivity contribution in [2.45, 2.75) is 57.5 Å². The fourth-order valence-electron chi connectivity index (χ4n) is 5.20. The van der Waals surface area contributed by atoms with E-state index in [1.165, 1.54) is 5.56 Å². The minimum atomic E-state index is 0.239. The summed E-state index contributed by atoms with van der Waals surface area (Å²) in [6.45, 7) is 7.43. The largest absolute Gasteiger partial charge is 0.495 e. The topological polar surface area (TPSA) is 116 Å². The lowest BCUT2D eigenvalue weighted by atomic mass is 9.89. The van der Waals surface area contributed by atoms with Crippen molar-refractivity contribution in [1.82, 2.24) is 29.6 Å². The average Bonchev–Trinajstić information content (AvgIpc) is 3.55. The minimum Gasteiger partial charge on any atom is -0.495 e. The third-order valence-electron chi connectivity index (χ3n) is 7.22. The number of methoxy groups -OCH3 is 1. The van der Waals surface area contributed by atoms with Crippen LogP contribution < -0.4 is 15.8 Å². The Morgan fingerprint density at radius 3 is 2.80 bits per heavy atom. The van der Waals surface area contributed by atoms with Crippen LogP contribution in [0.4, 0.5) is 11.8 Å². The molecule has 2 saturated heterocycles. The van der Waals surface area contributed by atoms with Crippen LogP contribution in [-0.4, -0.2) is 75.6 Å². The number of nitrogens with one attached hydrogen (secondary N) is 1. The van der Waals surface area contributed by atoms with Crippen molar-refractivity contribution in [3.05, 3.63) is 29.7 Å². The number of anilines is 2. The summed E-state index contributed by atoms with van der Waals surface area (Å²) in [7, 11) is 1.70. The molecule has 3 N–H and O–H groups in total. The predicted octanol–water partition coefficient (Wildman–Crippen LogP) is 3.04. The number of likely N-dealkylation sites (tertiary alicyclic amines) is 1. The lowest BCUT2D eigenvalue weighted by molar-refractivity contribution is 0.122. The van der Waals surface area contributed by atoms with Crippen molar-refractivity contribution in [2.75, 3.05) is 51.0 Å². The lowest BCUT2D eigenvalue weighted by Gasteiger charge is -2.35. The van der Waals surface area contributed by atoms with E-state index in [1.807, 2.05) is 10.9 Å². The van der Waals surface area contributed by atoms with Crippen molar-refractivity contribution >= 4 is 22.8 Å². The molecule has 3 aromatic heterocycles. The van der Waals surface area contributed by atoms with Crippen LogP contribution in [0.3, 0.4) is 0 Å². The molecule has 0 aromatic carbocycles. The van der Waals surface area contributed by atoms with Crippen LogP contribution >= 0.6 is 0 Å². The molecular weight excluding hydrogens is 444 g/mol. The zero-order valence-electron chi connectivity index (χ0n) is 20.7. The standard InChI is InChI=1S/C25H36N8O2/c1-3-4-8-27-24-23-20(30-25(26)31-24)14-29-33(23)15-21-22(34-2)12-18(13-28-21)17-5-9-32(10-6-17)19-7-11-35-16-19/h12-14,17,19H,3-11,15-16H2,1-2H3,(H3,26,27,30,31). The fourth-order valence-corrected chi connectivity index (χ4v) is 5.20. The van der Waals surface area contributed by atoms with E-state index in [0.717, 1.165) is 81.9 Å². The molecule has 2 aliphatic rings. The Morgan fingerprint density at radius 1 is 1.20 bits per heavy atom. The zero-order chi connectivity index (χ0) is 24.2. The Morgan fingerprint density at radius 2 is 2.06 bits per heavy atom. The second-order valence-electron chi connectivity index (χ2n) is 9.49. The average molecular weight is 481 g/mol. The lowest BCUT2D eigenvalue weighted by Crippen LogP contribution is -2.41. The summed E-state index contributed by atoms with van der Waals surface area (Å²) < 4.78 is 13.2. The summed E-state index contributed by atoms with van der Waals surface area (Å²) in [6, 6.07) is 2.75. The van der Waals surface area contributed by atoms with Gasteiger partial charge in [0, 0.05) is 25.4 Å². The number of nitrogens with zero attached hydrogens (tertiary/aromatic N) is 6. The summed E-state index contributed by atoms with van der Waals surface area (Å²) in [5.74, 6) is 2.23. The van der Waals surface area contributed by atoms with E-state index < -0.39 is 0 Å². The van der Waals surface area contributed by atoms with Crippen LogP contribution in [0, 0.1) is 0 Å². The van der Waals surface area contributed by atoms with E-state index in [-0.39, 0.29) is 5.95 Å². The van der Waals surface area contributed by atoms with Gasteiger partial charge in [-0.1, -0.05) is 13.3 Å². The molecule has 35 heavy (non-hydrogen) atoms. The maximum Gasteiger partial charge on any atom is 0.222 e. The van der Waals surface area contributed by atoms with Gasteiger partial charge >= 0.3 is 0 Å². The molecule has 0 aliphatic carbocycles. The van der Waals surface area contributed by atoms with Gasteiger partial charge in [0.25, 0.3) is 0 Å². The summed E-state index contributed by atoms with van der Waals surface area (Å²) in [6.07, 6.45) is 9.30. The molecule has 1 unspecified atom stereocenters. The van der Waals surface area contributed by atoms with Crippen LogP contribution in [0.25, 0.3) is 11.0 Å². The molecule has 0 radical (unpaired) electrons. The van der Waals surface area contributed by atoms with Crippen molar-refractivity contribution in [3.8, 4) is 5.75 Å². The number of unbranched alkanes of at least 4 members (excludes halogenated alkanes) is 1. The Balaban J connectivity index is 1.33. The summed E-state index contributed by atoms with van der Waals surface area (Å²) >= 11 is 0. The first kappa shape index (κ1) is 23.7. The molecule has 188 valence electrons. The van der Waals surface area contributed by atoms with Crippen LogP contribution in [0.15, 0.2) is 18.5 Å². The highest BCUT2D eigenvalue weighted by molar-refractivity contribution is 5.86. The smallest absolute Gasteiger partial charge is 0.222 e. The molecule has 1 atom stereocenters. The number of aromatic nitrogens is 5. The maximum atomic E-state index is 5.93. The number of piperidine rings is 1. The van der Waals surface area contributed by atoms with Crippen LogP contribution in [0.1, 0.15) is 56.2 Å². The van der Waals surface area contributed by atoms with E-state index in [9.17, 15) is 0 Å². The summed E-state index contributed by atoms with van der Waals surface area (Å²) in [5.41, 5.74) is 9.54. The van der Waals surface area contributed by atoms with Gasteiger partial charge in [-0.2, -0.15) is 10.1 Å². The number of nitrogen functional groups attached to an aromatic ring is 1. The number of hydrogen-bond acceptors (Lipinski definition) is 9. The SMILES string of the molecule is CCCCNc1nc(N)nc2cnn(Cc3ncc(C4CCN(C5CCOC5)CC4)cc3OC)c12. The number of hydrogen-bond donors (Lipinski definition) is 2. The van der Waals surface area contributed by atoms with Gasteiger partial charge in [-0.05, 0) is 56.3 Å². The first-order valence-corrected chi connectivity index (χ1v) is 12.7. The van der Waals surface area contributed by atoms with E-state index in [1.54, 1.807) is 13.3 Å². The first-order chi connectivity index (χ1) is 17.2. The Labute approximate surface area is 206 Å². The minimum absolute atomic E-state index is 0.239. The molecule has 10 heteroatoms. The monoisotopic (exact) mass is 480 g/mol. The molecule has 10 nitrogen and oxygen atoms in total. The van der Waals surface area contributed by atoms with E-state index >= 15 is 0 Å². The quantitative estimate of drug-likeness (QED) is 0.446. The molecule has 0 bridgehead atoms. The molecule has 0 saturated carbocycles. The highest BCUT2D eigenvalue weighted by Crippen LogP contribution is 2.33. The van der Waals surface area contributed by atoms with Crippen molar-refractivity contribution < 1.29 is 9.47 Å². The van der Waals surface area contributed by atoms with Gasteiger partial charge in [-0.25, -0.2) is 4.98 Å². The van der Waals surface area contributed by atoms with Crippen molar-refractivity contribution in [1.29, 1.82) is 0 Å². The molecule has 5 heterocycles. The molecule has 5 rings (SSSR count). The van der Waals surface area contributed by atoms with Crippen molar-refractivity contribution in [3.63, 3.8) is 0 Å². The van der Waals surface area contributed by atoms with Gasteiger partial charge in [0.15, 0.2) is 5.82 Å². The van der Waals surface area contributed by atoms with Gasteiger partial charge in [-0.15, -0.1) is 0 Å². The Bertz CT molecular complexity index is 1140. The van der Waals surface area contributed by atoms with E-state index in [4.69, 9.17) is 20.2 Å². The highest BCUT2D eigenvalue weighted by atomic mass is 16.5. The Hall–Kier alpha value is -2.98. The molecule has 2 fully saturated rings. The normalized spacial score (nSPS) is 19.4. The van der Waals surface area contributed by atoms with Crippen LogP contribution in [-0.2, 0) is 11.3 Å². The van der Waals surface area contributed by atoms with Gasteiger partial charge in [0.05, 0.1) is 26.5 Å². The second kappa shape index (κ2) is 10.7. The van der Waals surface area contributed by atoms with Crippen LogP contribution in [0.5, 0.6) is 5.75 Å². The number of ether oxygens (including phenoxy) is 2. The molecule has 3 aromatic rings. The first-order valence-electron chi connectivity index (χ1n) is 12.7. The number of nitrogens with two attached hydrogens (primary N) is 1. The summed E-state index contributed by atoms with van der Waals surface area (Å²) in [5, 5.41) is 7.95.